The van der Waals surface area contributed by atoms with Crippen molar-refractivity contribution in [2.75, 3.05) is 0 Å². The van der Waals surface area contributed by atoms with Gasteiger partial charge in [-0.15, -0.1) is 0 Å². The van der Waals surface area contributed by atoms with Crippen LogP contribution in [0.5, 0.6) is 0 Å². The Morgan fingerprint density at radius 2 is 1.81 bits per heavy atom. The molecule has 2 heterocycles. The van der Waals surface area contributed by atoms with Crippen molar-refractivity contribution < 1.29 is 4.39 Å². The number of hydrogen-bond donors (Lipinski definition) is 0. The molecular weight excluding hydrogens is 347 g/mol. The molecule has 7 heteroatoms. The average Bonchev–Trinajstić information content (AvgIpc) is 3.06. The van der Waals surface area contributed by atoms with E-state index in [1.165, 1.54) is 27.6 Å². The zero-order valence-electron chi connectivity index (χ0n) is 14.7. The Bertz CT molecular complexity index is 1240. The first-order valence-corrected chi connectivity index (χ1v) is 8.60. The van der Waals surface area contributed by atoms with Crippen molar-refractivity contribution in [3.05, 3.63) is 93.1 Å². The van der Waals surface area contributed by atoms with Crippen LogP contribution in [0.2, 0.25) is 0 Å². The number of halogens is 1. The zero-order valence-corrected chi connectivity index (χ0v) is 14.7. The largest absolute Gasteiger partial charge is 0.337 e. The molecule has 2 aromatic carbocycles. The summed E-state index contributed by atoms with van der Waals surface area (Å²) in [6, 6.07) is 15.2. The third-order valence-corrected chi connectivity index (χ3v) is 4.47. The fourth-order valence-corrected chi connectivity index (χ4v) is 3.22. The minimum absolute atomic E-state index is 0.242. The maximum Gasteiger partial charge on any atom is 0.337 e. The molecule has 4 aromatic rings. The molecule has 2 aromatic heterocycles. The molecule has 0 bridgehead atoms. The molecule has 0 aliphatic rings. The molecule has 0 radical (unpaired) electrons. The van der Waals surface area contributed by atoms with Crippen LogP contribution in [0, 0.1) is 5.82 Å². The molecule has 136 valence electrons. The SMILES string of the molecule is CCn1c(=O)c2c(ncn2Cc2cccc(F)c2)n(-c2ccccc2)c1=O. The maximum atomic E-state index is 13.5. The van der Waals surface area contributed by atoms with Gasteiger partial charge in [-0.3, -0.25) is 9.36 Å². The van der Waals surface area contributed by atoms with Gasteiger partial charge in [-0.25, -0.2) is 18.7 Å². The summed E-state index contributed by atoms with van der Waals surface area (Å²) in [4.78, 5) is 30.1. The van der Waals surface area contributed by atoms with E-state index in [1.807, 2.05) is 18.2 Å². The zero-order chi connectivity index (χ0) is 19.0. The van der Waals surface area contributed by atoms with Crippen molar-refractivity contribution >= 4 is 11.2 Å². The van der Waals surface area contributed by atoms with E-state index in [4.69, 9.17) is 0 Å². The van der Waals surface area contributed by atoms with Crippen LogP contribution in [0.15, 0.2) is 70.5 Å². The van der Waals surface area contributed by atoms with E-state index in [9.17, 15) is 14.0 Å². The van der Waals surface area contributed by atoms with Gasteiger partial charge in [0, 0.05) is 13.1 Å². The molecule has 0 unspecified atom stereocenters. The Kier molecular flexibility index (Phi) is 4.19. The van der Waals surface area contributed by atoms with Gasteiger partial charge in [0.2, 0.25) is 0 Å². The number of aromatic nitrogens is 4. The Morgan fingerprint density at radius 3 is 2.52 bits per heavy atom. The molecule has 0 aliphatic heterocycles. The smallest absolute Gasteiger partial charge is 0.320 e. The second-order valence-corrected chi connectivity index (χ2v) is 6.18. The molecule has 0 amide bonds. The third kappa shape index (κ3) is 2.87. The predicted molar refractivity (Wildman–Crippen MR) is 101 cm³/mol. The molecule has 0 N–H and O–H groups in total. The first-order chi connectivity index (χ1) is 13.1. The Morgan fingerprint density at radius 1 is 1.04 bits per heavy atom. The summed E-state index contributed by atoms with van der Waals surface area (Å²) in [6.45, 7) is 2.27. The number of nitrogens with zero attached hydrogens (tertiary/aromatic N) is 4. The quantitative estimate of drug-likeness (QED) is 0.559. The lowest BCUT2D eigenvalue weighted by Gasteiger charge is -2.11. The van der Waals surface area contributed by atoms with Crippen molar-refractivity contribution in [1.29, 1.82) is 0 Å². The van der Waals surface area contributed by atoms with E-state index in [0.717, 1.165) is 0 Å². The van der Waals surface area contributed by atoms with E-state index in [0.29, 0.717) is 16.8 Å². The van der Waals surface area contributed by atoms with Crippen LogP contribution >= 0.6 is 0 Å². The lowest BCUT2D eigenvalue weighted by Crippen LogP contribution is -2.39. The molecule has 27 heavy (non-hydrogen) atoms. The predicted octanol–water partition coefficient (Wildman–Crippen LogP) is 2.56. The molecule has 0 fully saturated rings. The monoisotopic (exact) mass is 364 g/mol. The lowest BCUT2D eigenvalue weighted by molar-refractivity contribution is 0.623. The molecule has 0 saturated carbocycles. The van der Waals surface area contributed by atoms with Gasteiger partial charge in [0.15, 0.2) is 11.2 Å². The Labute approximate surface area is 153 Å². The summed E-state index contributed by atoms with van der Waals surface area (Å²) in [7, 11) is 0. The third-order valence-electron chi connectivity index (χ3n) is 4.47. The van der Waals surface area contributed by atoms with Gasteiger partial charge in [-0.2, -0.15) is 0 Å². The highest BCUT2D eigenvalue weighted by Gasteiger charge is 2.18. The first kappa shape index (κ1) is 17.0. The van der Waals surface area contributed by atoms with Gasteiger partial charge in [-0.05, 0) is 36.8 Å². The van der Waals surface area contributed by atoms with Crippen molar-refractivity contribution in [2.24, 2.45) is 0 Å². The van der Waals surface area contributed by atoms with E-state index in [1.54, 1.807) is 35.8 Å². The van der Waals surface area contributed by atoms with Crippen LogP contribution in [0.25, 0.3) is 16.9 Å². The van der Waals surface area contributed by atoms with Crippen molar-refractivity contribution in [1.82, 2.24) is 18.7 Å². The summed E-state index contributed by atoms with van der Waals surface area (Å²) in [6.07, 6.45) is 1.51. The molecule has 4 rings (SSSR count). The van der Waals surface area contributed by atoms with Crippen LogP contribution in [0.1, 0.15) is 12.5 Å². The molecule has 0 saturated heterocycles. The maximum absolute atomic E-state index is 13.5. The second-order valence-electron chi connectivity index (χ2n) is 6.18. The fourth-order valence-electron chi connectivity index (χ4n) is 3.22. The van der Waals surface area contributed by atoms with Crippen molar-refractivity contribution in [3.8, 4) is 5.69 Å². The van der Waals surface area contributed by atoms with Gasteiger partial charge in [0.05, 0.1) is 12.0 Å². The fraction of sp³-hybridized carbons (Fsp3) is 0.150. The van der Waals surface area contributed by atoms with Gasteiger partial charge < -0.3 is 4.57 Å². The van der Waals surface area contributed by atoms with Crippen LogP contribution in [-0.4, -0.2) is 18.7 Å². The summed E-state index contributed by atoms with van der Waals surface area (Å²) < 4.78 is 17.8. The van der Waals surface area contributed by atoms with Gasteiger partial charge >= 0.3 is 5.69 Å². The number of benzene rings is 2. The van der Waals surface area contributed by atoms with E-state index >= 15 is 0 Å². The first-order valence-electron chi connectivity index (χ1n) is 8.60. The topological polar surface area (TPSA) is 61.8 Å². The molecule has 6 nitrogen and oxygen atoms in total. The van der Waals surface area contributed by atoms with Crippen LogP contribution in [0.4, 0.5) is 4.39 Å². The van der Waals surface area contributed by atoms with E-state index in [2.05, 4.69) is 4.98 Å². The highest BCUT2D eigenvalue weighted by atomic mass is 19.1. The number of imidazole rings is 1. The van der Waals surface area contributed by atoms with Gasteiger partial charge in [-0.1, -0.05) is 30.3 Å². The summed E-state index contributed by atoms with van der Waals surface area (Å²) in [5.41, 5.74) is 1.09. The van der Waals surface area contributed by atoms with Crippen molar-refractivity contribution in [3.63, 3.8) is 0 Å². The lowest BCUT2D eigenvalue weighted by atomic mass is 10.2. The van der Waals surface area contributed by atoms with Gasteiger partial charge in [0.25, 0.3) is 5.56 Å². The molecular formula is C20H17FN4O2. The second kappa shape index (κ2) is 6.68. The number of para-hydroxylation sites is 1. The van der Waals surface area contributed by atoms with Gasteiger partial charge in [0.1, 0.15) is 5.82 Å². The van der Waals surface area contributed by atoms with E-state index < -0.39 is 11.2 Å². The Balaban J connectivity index is 1.99. The molecule has 0 spiro atoms. The molecule has 0 aliphatic carbocycles. The summed E-state index contributed by atoms with van der Waals surface area (Å²) >= 11 is 0. The normalized spacial score (nSPS) is 11.2. The number of hydrogen-bond acceptors (Lipinski definition) is 3. The summed E-state index contributed by atoms with van der Waals surface area (Å²) in [5.74, 6) is -0.343. The number of fused-ring (bicyclic) bond motifs is 1. The van der Waals surface area contributed by atoms with Crippen molar-refractivity contribution in [2.45, 2.75) is 20.0 Å². The van der Waals surface area contributed by atoms with Crippen LogP contribution in [0.3, 0.4) is 0 Å². The minimum atomic E-state index is -0.433. The Hall–Kier alpha value is -3.48. The molecule has 0 atom stereocenters. The highest BCUT2D eigenvalue weighted by molar-refractivity contribution is 5.72. The summed E-state index contributed by atoms with van der Waals surface area (Å²) in [5, 5.41) is 0. The average molecular weight is 364 g/mol. The van der Waals surface area contributed by atoms with Crippen LogP contribution < -0.4 is 11.2 Å². The highest BCUT2D eigenvalue weighted by Crippen LogP contribution is 2.15. The minimum Gasteiger partial charge on any atom is -0.320 e. The van der Waals surface area contributed by atoms with Crippen LogP contribution in [-0.2, 0) is 13.1 Å². The number of rotatable bonds is 4. The van der Waals surface area contributed by atoms with E-state index in [-0.39, 0.29) is 24.6 Å². The standard InChI is InChI=1S/C20H17FN4O2/c1-2-24-19(26)17-18(25(20(24)27)16-9-4-3-5-10-16)22-13-23(17)12-14-7-6-8-15(21)11-14/h3-11,13H,2,12H2,1H3.